The molecule has 0 fully saturated rings. The Balaban J connectivity index is 2.39. The minimum absolute atomic E-state index is 0.0766. The van der Waals surface area contributed by atoms with Crippen LogP contribution in [0.25, 0.3) is 11.3 Å². The molecule has 0 bridgehead atoms. The van der Waals surface area contributed by atoms with Crippen molar-refractivity contribution in [3.8, 4) is 11.3 Å². The van der Waals surface area contributed by atoms with Crippen molar-refractivity contribution in [1.29, 1.82) is 0 Å². The van der Waals surface area contributed by atoms with Gasteiger partial charge >= 0.3 is 0 Å². The van der Waals surface area contributed by atoms with Gasteiger partial charge in [-0.1, -0.05) is 43.2 Å². The summed E-state index contributed by atoms with van der Waals surface area (Å²) >= 11 is 1.57. The zero-order valence-corrected chi connectivity index (χ0v) is 12.3. The van der Waals surface area contributed by atoms with E-state index in [0.29, 0.717) is 5.13 Å². The Hall–Kier alpha value is -1.68. The van der Waals surface area contributed by atoms with Crippen LogP contribution >= 0.6 is 11.3 Å². The van der Waals surface area contributed by atoms with Crippen LogP contribution in [0.15, 0.2) is 24.3 Å². The van der Waals surface area contributed by atoms with E-state index < -0.39 is 0 Å². The minimum Gasteiger partial charge on any atom is -0.302 e. The number of aromatic nitrogens is 1. The molecule has 1 N–H and O–H groups in total. The van der Waals surface area contributed by atoms with Crippen LogP contribution in [0.2, 0.25) is 0 Å². The Morgan fingerprint density at radius 1 is 1.32 bits per heavy atom. The van der Waals surface area contributed by atoms with Crippen LogP contribution < -0.4 is 5.32 Å². The van der Waals surface area contributed by atoms with Gasteiger partial charge in [-0.3, -0.25) is 4.79 Å². The Morgan fingerprint density at radius 3 is 2.58 bits per heavy atom. The zero-order chi connectivity index (χ0) is 13.8. The topological polar surface area (TPSA) is 42.0 Å². The predicted octanol–water partition coefficient (Wildman–Crippen LogP) is 4.03. The Kier molecular flexibility index (Phi) is 4.32. The molecule has 0 spiro atoms. The van der Waals surface area contributed by atoms with Gasteiger partial charge in [0, 0.05) is 17.4 Å². The number of aryl methyl sites for hydroxylation is 2. The number of carbonyl (C=O) groups excluding carboxylic acids is 1. The van der Waals surface area contributed by atoms with Gasteiger partial charge in [-0.15, -0.1) is 11.3 Å². The van der Waals surface area contributed by atoms with Crippen molar-refractivity contribution in [3.05, 3.63) is 34.7 Å². The Bertz CT molecular complexity index is 572. The summed E-state index contributed by atoms with van der Waals surface area (Å²) < 4.78 is 0. The van der Waals surface area contributed by atoms with Crippen LogP contribution in [-0.4, -0.2) is 10.9 Å². The molecule has 0 saturated carbocycles. The van der Waals surface area contributed by atoms with Gasteiger partial charge < -0.3 is 5.32 Å². The number of nitrogens with zero attached hydrogens (tertiary/aromatic N) is 1. The molecule has 100 valence electrons. The lowest BCUT2D eigenvalue weighted by Crippen LogP contribution is -2.04. The van der Waals surface area contributed by atoms with Crippen LogP contribution in [0.1, 0.15) is 30.7 Å². The van der Waals surface area contributed by atoms with Crippen molar-refractivity contribution in [3.63, 3.8) is 0 Å². The standard InChI is InChI=1S/C15H18N2OS/c1-4-5-13-14(12-8-6-10(2)7-9-12)17-15(19-13)16-11(3)18/h6-9H,4-5H2,1-3H3,(H,16,17,18). The molecule has 4 heteroatoms. The third-order valence-corrected chi connectivity index (χ3v) is 3.81. The first-order valence-electron chi connectivity index (χ1n) is 6.44. The summed E-state index contributed by atoms with van der Waals surface area (Å²) in [6, 6.07) is 8.34. The van der Waals surface area contributed by atoms with Gasteiger partial charge in [-0.25, -0.2) is 4.98 Å². The van der Waals surface area contributed by atoms with E-state index in [0.717, 1.165) is 24.1 Å². The zero-order valence-electron chi connectivity index (χ0n) is 11.5. The second-order valence-corrected chi connectivity index (χ2v) is 5.67. The van der Waals surface area contributed by atoms with E-state index >= 15 is 0 Å². The van der Waals surface area contributed by atoms with E-state index in [1.807, 2.05) is 0 Å². The maximum absolute atomic E-state index is 11.1. The third-order valence-electron chi connectivity index (χ3n) is 2.78. The van der Waals surface area contributed by atoms with Gasteiger partial charge in [-0.05, 0) is 13.3 Å². The van der Waals surface area contributed by atoms with Gasteiger partial charge in [0.25, 0.3) is 0 Å². The van der Waals surface area contributed by atoms with E-state index in [9.17, 15) is 4.79 Å². The lowest BCUT2D eigenvalue weighted by Gasteiger charge is -2.01. The van der Waals surface area contributed by atoms with Gasteiger partial charge in [0.2, 0.25) is 5.91 Å². The van der Waals surface area contributed by atoms with Crippen molar-refractivity contribution < 1.29 is 4.79 Å². The fourth-order valence-corrected chi connectivity index (χ4v) is 3.02. The maximum Gasteiger partial charge on any atom is 0.223 e. The SMILES string of the molecule is CCCc1sc(NC(C)=O)nc1-c1ccc(C)cc1. The molecule has 0 radical (unpaired) electrons. The van der Waals surface area contributed by atoms with Gasteiger partial charge in [0.15, 0.2) is 5.13 Å². The van der Waals surface area contributed by atoms with Crippen LogP contribution in [-0.2, 0) is 11.2 Å². The van der Waals surface area contributed by atoms with Crippen LogP contribution in [0, 0.1) is 6.92 Å². The smallest absolute Gasteiger partial charge is 0.223 e. The summed E-state index contributed by atoms with van der Waals surface area (Å²) in [5.41, 5.74) is 3.34. The Morgan fingerprint density at radius 2 is 2.00 bits per heavy atom. The maximum atomic E-state index is 11.1. The van der Waals surface area contributed by atoms with Gasteiger partial charge in [0.1, 0.15) is 0 Å². The monoisotopic (exact) mass is 274 g/mol. The van der Waals surface area contributed by atoms with Crippen molar-refractivity contribution in [2.45, 2.75) is 33.6 Å². The lowest BCUT2D eigenvalue weighted by molar-refractivity contribution is -0.114. The predicted molar refractivity (Wildman–Crippen MR) is 80.6 cm³/mol. The second kappa shape index (κ2) is 5.97. The molecule has 1 aromatic heterocycles. The highest BCUT2D eigenvalue weighted by Gasteiger charge is 2.13. The molecule has 0 aliphatic rings. The van der Waals surface area contributed by atoms with Crippen LogP contribution in [0.5, 0.6) is 0 Å². The van der Waals surface area contributed by atoms with E-state index in [1.54, 1.807) is 11.3 Å². The number of hydrogen-bond acceptors (Lipinski definition) is 3. The number of rotatable bonds is 4. The molecule has 1 aromatic carbocycles. The van der Waals surface area contributed by atoms with E-state index in [4.69, 9.17) is 0 Å². The molecule has 3 nitrogen and oxygen atoms in total. The van der Waals surface area contributed by atoms with Gasteiger partial charge in [-0.2, -0.15) is 0 Å². The van der Waals surface area contributed by atoms with Crippen molar-refractivity contribution >= 4 is 22.4 Å². The molecule has 0 aliphatic heterocycles. The summed E-state index contributed by atoms with van der Waals surface area (Å²) in [4.78, 5) is 16.9. The van der Waals surface area contributed by atoms with Crippen molar-refractivity contribution in [1.82, 2.24) is 4.98 Å². The summed E-state index contributed by atoms with van der Waals surface area (Å²) in [6.45, 7) is 5.73. The largest absolute Gasteiger partial charge is 0.302 e. The molecule has 0 unspecified atom stereocenters. The number of benzene rings is 1. The van der Waals surface area contributed by atoms with E-state index in [-0.39, 0.29) is 5.91 Å². The highest BCUT2D eigenvalue weighted by Crippen LogP contribution is 2.32. The first-order chi connectivity index (χ1) is 9.10. The summed E-state index contributed by atoms with van der Waals surface area (Å²) in [7, 11) is 0. The van der Waals surface area contributed by atoms with E-state index in [2.05, 4.69) is 48.4 Å². The molecule has 0 aliphatic carbocycles. The highest BCUT2D eigenvalue weighted by molar-refractivity contribution is 7.16. The van der Waals surface area contributed by atoms with Gasteiger partial charge in [0.05, 0.1) is 5.69 Å². The quantitative estimate of drug-likeness (QED) is 0.914. The van der Waals surface area contributed by atoms with Crippen molar-refractivity contribution in [2.24, 2.45) is 0 Å². The molecule has 1 amide bonds. The average Bonchev–Trinajstić information content (AvgIpc) is 2.72. The second-order valence-electron chi connectivity index (χ2n) is 4.59. The molecule has 2 rings (SSSR count). The minimum atomic E-state index is -0.0766. The molecule has 2 aromatic rings. The lowest BCUT2D eigenvalue weighted by atomic mass is 10.1. The molecular weight excluding hydrogens is 256 g/mol. The summed E-state index contributed by atoms with van der Waals surface area (Å²) in [6.07, 6.45) is 2.06. The van der Waals surface area contributed by atoms with Crippen molar-refractivity contribution in [2.75, 3.05) is 5.32 Å². The molecular formula is C15H18N2OS. The van der Waals surface area contributed by atoms with Crippen LogP contribution in [0.4, 0.5) is 5.13 Å². The third kappa shape index (κ3) is 3.41. The average molecular weight is 274 g/mol. The first-order valence-corrected chi connectivity index (χ1v) is 7.26. The molecule has 0 saturated heterocycles. The summed E-state index contributed by atoms with van der Waals surface area (Å²) in [5, 5.41) is 3.46. The first kappa shape index (κ1) is 13.7. The number of carbonyl (C=O) groups is 1. The highest BCUT2D eigenvalue weighted by atomic mass is 32.1. The van der Waals surface area contributed by atoms with Crippen LogP contribution in [0.3, 0.4) is 0 Å². The number of thiazole rings is 1. The summed E-state index contributed by atoms with van der Waals surface area (Å²) in [5.74, 6) is -0.0766. The number of amides is 1. The molecule has 1 heterocycles. The normalized spacial score (nSPS) is 10.5. The molecule has 0 atom stereocenters. The fourth-order valence-electron chi connectivity index (χ4n) is 1.89. The molecule has 19 heavy (non-hydrogen) atoms. The number of nitrogens with one attached hydrogen (secondary N) is 1. The fraction of sp³-hybridized carbons (Fsp3) is 0.333. The Labute approximate surface area is 117 Å². The number of hydrogen-bond donors (Lipinski definition) is 1. The number of anilines is 1. The van der Waals surface area contributed by atoms with E-state index in [1.165, 1.54) is 17.4 Å².